The molecule has 0 saturated heterocycles. The summed E-state index contributed by atoms with van der Waals surface area (Å²) in [5.74, 6) is -0.174. The minimum Gasteiger partial charge on any atom is -0.309 e. The summed E-state index contributed by atoms with van der Waals surface area (Å²) >= 11 is 3.29. The second-order valence-corrected chi connectivity index (χ2v) is 5.99. The van der Waals surface area contributed by atoms with E-state index in [-0.39, 0.29) is 11.9 Å². The number of nitrogens with zero attached hydrogens (tertiary/aromatic N) is 2. The van der Waals surface area contributed by atoms with E-state index in [1.165, 1.54) is 6.07 Å². The van der Waals surface area contributed by atoms with Crippen LogP contribution in [0.4, 0.5) is 4.39 Å². The molecular formula is C16H21BrFN3. The molecule has 0 saturated carbocycles. The molecule has 0 aliphatic heterocycles. The number of aryl methyl sites for hydroxylation is 2. The van der Waals surface area contributed by atoms with E-state index in [1.807, 2.05) is 23.7 Å². The van der Waals surface area contributed by atoms with E-state index in [1.54, 1.807) is 0 Å². The van der Waals surface area contributed by atoms with Gasteiger partial charge in [-0.05, 0) is 50.6 Å². The molecule has 1 aromatic carbocycles. The Bertz CT molecular complexity index is 610. The molecule has 114 valence electrons. The molecule has 3 nitrogen and oxygen atoms in total. The van der Waals surface area contributed by atoms with Crippen LogP contribution >= 0.6 is 15.9 Å². The van der Waals surface area contributed by atoms with E-state index in [9.17, 15) is 4.39 Å². The first-order chi connectivity index (χ1) is 10.0. The summed E-state index contributed by atoms with van der Waals surface area (Å²) in [7, 11) is 0. The lowest BCUT2D eigenvalue weighted by molar-refractivity contribution is 0.480. The molecule has 1 aromatic heterocycles. The zero-order valence-corrected chi connectivity index (χ0v) is 14.2. The van der Waals surface area contributed by atoms with Crippen LogP contribution in [0.2, 0.25) is 0 Å². The van der Waals surface area contributed by atoms with Gasteiger partial charge in [0, 0.05) is 11.0 Å². The zero-order chi connectivity index (χ0) is 15.4. The number of hydrogen-bond donors (Lipinski definition) is 1. The Hall–Kier alpha value is -1.20. The second-order valence-electron chi connectivity index (χ2n) is 5.08. The summed E-state index contributed by atoms with van der Waals surface area (Å²) in [5, 5.41) is 7.92. The minimum atomic E-state index is -0.174. The van der Waals surface area contributed by atoms with Gasteiger partial charge in [-0.3, -0.25) is 4.68 Å². The Morgan fingerprint density at radius 2 is 2.10 bits per heavy atom. The molecular weight excluding hydrogens is 333 g/mol. The molecule has 2 rings (SSSR count). The molecule has 1 unspecified atom stereocenters. The van der Waals surface area contributed by atoms with Gasteiger partial charge >= 0.3 is 0 Å². The maximum Gasteiger partial charge on any atom is 0.127 e. The topological polar surface area (TPSA) is 29.9 Å². The number of rotatable bonds is 6. The van der Waals surface area contributed by atoms with Crippen LogP contribution in [0.5, 0.6) is 0 Å². The van der Waals surface area contributed by atoms with Crippen LogP contribution < -0.4 is 5.32 Å². The van der Waals surface area contributed by atoms with E-state index in [4.69, 9.17) is 0 Å². The lowest BCUT2D eigenvalue weighted by Gasteiger charge is -2.19. The normalized spacial score (nSPS) is 12.6. The van der Waals surface area contributed by atoms with Crippen LogP contribution in [0.3, 0.4) is 0 Å². The van der Waals surface area contributed by atoms with Gasteiger partial charge in [-0.1, -0.05) is 28.9 Å². The van der Waals surface area contributed by atoms with Crippen molar-refractivity contribution in [2.24, 2.45) is 0 Å². The number of hydrogen-bond acceptors (Lipinski definition) is 2. The van der Waals surface area contributed by atoms with Crippen LogP contribution in [0.1, 0.15) is 36.8 Å². The number of nitrogens with one attached hydrogen (secondary N) is 1. The summed E-state index contributed by atoms with van der Waals surface area (Å²) < 4.78 is 16.8. The Kier molecular flexibility index (Phi) is 5.53. The fourth-order valence-electron chi connectivity index (χ4n) is 2.53. The fourth-order valence-corrected chi connectivity index (χ4v) is 2.87. The van der Waals surface area contributed by atoms with Crippen LogP contribution in [0.25, 0.3) is 0 Å². The van der Waals surface area contributed by atoms with E-state index in [0.717, 1.165) is 29.0 Å². The maximum absolute atomic E-state index is 14.1. The number of halogens is 2. The Balaban J connectivity index is 2.30. The highest BCUT2D eigenvalue weighted by atomic mass is 79.9. The quantitative estimate of drug-likeness (QED) is 0.850. The Morgan fingerprint density at radius 3 is 2.71 bits per heavy atom. The molecule has 2 aromatic rings. The second kappa shape index (κ2) is 7.18. The van der Waals surface area contributed by atoms with E-state index >= 15 is 0 Å². The molecule has 5 heteroatoms. The maximum atomic E-state index is 14.1. The van der Waals surface area contributed by atoms with Crippen LogP contribution in [-0.4, -0.2) is 16.3 Å². The fraction of sp³-hybridized carbons (Fsp3) is 0.438. The predicted octanol–water partition coefficient (Wildman–Crippen LogP) is 4.01. The van der Waals surface area contributed by atoms with Crippen LogP contribution in [-0.2, 0) is 13.0 Å². The molecule has 21 heavy (non-hydrogen) atoms. The van der Waals surface area contributed by atoms with Crippen molar-refractivity contribution in [2.45, 2.75) is 39.8 Å². The van der Waals surface area contributed by atoms with Gasteiger partial charge in [0.1, 0.15) is 5.82 Å². The average Bonchev–Trinajstić information content (AvgIpc) is 2.82. The Morgan fingerprint density at radius 1 is 1.33 bits per heavy atom. The molecule has 0 fully saturated rings. The number of likely N-dealkylation sites (N-methyl/N-ethyl adjacent to an activating group) is 1. The summed E-state index contributed by atoms with van der Waals surface area (Å²) in [6.07, 6.45) is 0.609. The van der Waals surface area contributed by atoms with Gasteiger partial charge in [0.15, 0.2) is 0 Å². The Labute approximate surface area is 133 Å². The SMILES string of the molecule is CCNC(Cc1ccc(Br)cc1F)c1cc(C)nn1CC. The lowest BCUT2D eigenvalue weighted by atomic mass is 10.0. The molecule has 0 aliphatic carbocycles. The molecule has 0 amide bonds. The van der Waals surface area contributed by atoms with Crippen molar-refractivity contribution in [1.29, 1.82) is 0 Å². The van der Waals surface area contributed by atoms with Crippen molar-refractivity contribution in [3.63, 3.8) is 0 Å². The average molecular weight is 354 g/mol. The van der Waals surface area contributed by atoms with E-state index < -0.39 is 0 Å². The highest BCUT2D eigenvalue weighted by molar-refractivity contribution is 9.10. The smallest absolute Gasteiger partial charge is 0.127 e. The third kappa shape index (κ3) is 3.92. The van der Waals surface area contributed by atoms with Crippen LogP contribution in [0.15, 0.2) is 28.7 Å². The van der Waals surface area contributed by atoms with Gasteiger partial charge in [-0.25, -0.2) is 4.39 Å². The molecule has 0 bridgehead atoms. The summed E-state index contributed by atoms with van der Waals surface area (Å²) in [5.41, 5.74) is 2.82. The molecule has 0 radical (unpaired) electrons. The van der Waals surface area contributed by atoms with Crippen molar-refractivity contribution in [3.8, 4) is 0 Å². The van der Waals surface area contributed by atoms with Gasteiger partial charge in [-0.15, -0.1) is 0 Å². The molecule has 1 N–H and O–H groups in total. The van der Waals surface area contributed by atoms with Crippen LogP contribution in [0, 0.1) is 12.7 Å². The van der Waals surface area contributed by atoms with E-state index in [2.05, 4.69) is 46.3 Å². The first-order valence-electron chi connectivity index (χ1n) is 7.26. The van der Waals surface area contributed by atoms with Crippen molar-refractivity contribution in [1.82, 2.24) is 15.1 Å². The monoisotopic (exact) mass is 353 g/mol. The standard InChI is InChI=1S/C16H21BrFN3/c1-4-19-15(16-8-11(3)20-21(16)5-2)9-12-6-7-13(17)10-14(12)18/h6-8,10,15,19H,4-5,9H2,1-3H3. The minimum absolute atomic E-state index is 0.0619. The molecule has 0 spiro atoms. The number of aromatic nitrogens is 2. The molecule has 1 atom stereocenters. The highest BCUT2D eigenvalue weighted by Gasteiger charge is 2.18. The summed E-state index contributed by atoms with van der Waals surface area (Å²) in [6.45, 7) is 7.76. The van der Waals surface area contributed by atoms with Gasteiger partial charge in [-0.2, -0.15) is 5.10 Å². The summed E-state index contributed by atoms with van der Waals surface area (Å²) in [6, 6.07) is 7.37. The summed E-state index contributed by atoms with van der Waals surface area (Å²) in [4.78, 5) is 0. The highest BCUT2D eigenvalue weighted by Crippen LogP contribution is 2.23. The van der Waals surface area contributed by atoms with Gasteiger partial charge in [0.05, 0.1) is 17.4 Å². The van der Waals surface area contributed by atoms with E-state index in [0.29, 0.717) is 12.0 Å². The van der Waals surface area contributed by atoms with Crippen molar-refractivity contribution < 1.29 is 4.39 Å². The van der Waals surface area contributed by atoms with Gasteiger partial charge in [0.25, 0.3) is 0 Å². The first kappa shape index (κ1) is 16.2. The lowest BCUT2D eigenvalue weighted by Crippen LogP contribution is -2.26. The molecule has 1 heterocycles. The third-order valence-electron chi connectivity index (χ3n) is 3.48. The third-order valence-corrected chi connectivity index (χ3v) is 3.97. The molecule has 0 aliphatic rings. The first-order valence-corrected chi connectivity index (χ1v) is 8.06. The van der Waals surface area contributed by atoms with Gasteiger partial charge in [0.2, 0.25) is 0 Å². The number of benzene rings is 1. The van der Waals surface area contributed by atoms with Crippen molar-refractivity contribution in [2.75, 3.05) is 6.54 Å². The van der Waals surface area contributed by atoms with Gasteiger partial charge < -0.3 is 5.32 Å². The zero-order valence-electron chi connectivity index (χ0n) is 12.7. The van der Waals surface area contributed by atoms with Crippen molar-refractivity contribution >= 4 is 15.9 Å². The predicted molar refractivity (Wildman–Crippen MR) is 86.9 cm³/mol. The largest absolute Gasteiger partial charge is 0.309 e. The van der Waals surface area contributed by atoms with Crippen molar-refractivity contribution in [3.05, 3.63) is 51.5 Å².